The summed E-state index contributed by atoms with van der Waals surface area (Å²) in [6, 6.07) is 0. The molecule has 1 unspecified atom stereocenters. The number of allylic oxidation sites excluding steroid dienone is 18. The van der Waals surface area contributed by atoms with Crippen LogP contribution in [0.2, 0.25) is 0 Å². The smallest absolute Gasteiger partial charge is 0.306 e. The van der Waals surface area contributed by atoms with Gasteiger partial charge in [0.25, 0.3) is 0 Å². The molecule has 0 spiro atoms. The van der Waals surface area contributed by atoms with Gasteiger partial charge in [0.15, 0.2) is 6.10 Å². The van der Waals surface area contributed by atoms with Crippen molar-refractivity contribution in [2.24, 2.45) is 0 Å². The van der Waals surface area contributed by atoms with Crippen molar-refractivity contribution >= 4 is 17.9 Å². The summed E-state index contributed by atoms with van der Waals surface area (Å²) in [5.74, 6) is -0.935. The Labute approximate surface area is 438 Å². The first-order valence-electron chi connectivity index (χ1n) is 29.4. The van der Waals surface area contributed by atoms with Gasteiger partial charge in [0.05, 0.1) is 0 Å². The van der Waals surface area contributed by atoms with Gasteiger partial charge in [-0.3, -0.25) is 14.4 Å². The van der Waals surface area contributed by atoms with E-state index in [0.717, 1.165) is 135 Å². The predicted molar refractivity (Wildman–Crippen MR) is 307 cm³/mol. The summed E-state index contributed by atoms with van der Waals surface area (Å²) in [4.78, 5) is 37.8. The minimum atomic E-state index is -0.792. The number of rotatable bonds is 52. The van der Waals surface area contributed by atoms with E-state index in [1.807, 2.05) is 0 Å². The maximum absolute atomic E-state index is 12.8. The molecule has 0 saturated carbocycles. The van der Waals surface area contributed by atoms with Gasteiger partial charge < -0.3 is 14.2 Å². The number of esters is 3. The number of hydrogen-bond acceptors (Lipinski definition) is 6. The minimum Gasteiger partial charge on any atom is -0.462 e. The summed E-state index contributed by atoms with van der Waals surface area (Å²) >= 11 is 0. The van der Waals surface area contributed by atoms with Crippen LogP contribution in [0.5, 0.6) is 0 Å². The maximum atomic E-state index is 12.8. The summed E-state index contributed by atoms with van der Waals surface area (Å²) in [5.41, 5.74) is 0. The lowest BCUT2D eigenvalue weighted by atomic mass is 10.1. The molecule has 6 heteroatoms. The van der Waals surface area contributed by atoms with Crippen LogP contribution in [0.1, 0.15) is 265 Å². The van der Waals surface area contributed by atoms with E-state index in [9.17, 15) is 14.4 Å². The molecule has 0 aromatic heterocycles. The molecule has 1 atom stereocenters. The molecule has 0 bridgehead atoms. The van der Waals surface area contributed by atoms with Crippen molar-refractivity contribution in [1.29, 1.82) is 0 Å². The van der Waals surface area contributed by atoms with Crippen LogP contribution in [0.25, 0.3) is 0 Å². The molecular weight excluding hydrogens is 877 g/mol. The number of unbranched alkanes of at least 4 members (excludes halogenated alkanes) is 23. The number of carbonyl (C=O) groups is 3. The van der Waals surface area contributed by atoms with E-state index in [1.54, 1.807) is 0 Å². The van der Waals surface area contributed by atoms with E-state index in [4.69, 9.17) is 14.2 Å². The SMILES string of the molecule is CC/C=C\C/C=C\C/C=C\C/C=C\C/C=C\C/C=C\CCCCCCC(=O)OC(COC(=O)CCCCCCC)COC(=O)CCCCCCCCCCCC/C=C\C/C=C\C/C=C\CCCCCCC. The van der Waals surface area contributed by atoms with Crippen LogP contribution in [-0.4, -0.2) is 37.2 Å². The van der Waals surface area contributed by atoms with Crippen molar-refractivity contribution in [3.05, 3.63) is 109 Å². The van der Waals surface area contributed by atoms with Crippen molar-refractivity contribution < 1.29 is 28.6 Å². The van der Waals surface area contributed by atoms with Gasteiger partial charge in [0.2, 0.25) is 0 Å². The van der Waals surface area contributed by atoms with Crippen LogP contribution >= 0.6 is 0 Å². The van der Waals surface area contributed by atoms with E-state index in [1.165, 1.54) is 89.9 Å². The van der Waals surface area contributed by atoms with Crippen LogP contribution in [0.4, 0.5) is 0 Å². The fourth-order valence-corrected chi connectivity index (χ4v) is 7.86. The second kappa shape index (κ2) is 58.6. The fourth-order valence-electron chi connectivity index (χ4n) is 7.86. The Hall–Kier alpha value is -3.93. The Balaban J connectivity index is 4.17. The largest absolute Gasteiger partial charge is 0.462 e. The second-order valence-corrected chi connectivity index (χ2v) is 19.2. The van der Waals surface area contributed by atoms with Gasteiger partial charge >= 0.3 is 17.9 Å². The second-order valence-electron chi connectivity index (χ2n) is 19.2. The third-order valence-electron chi connectivity index (χ3n) is 12.3. The topological polar surface area (TPSA) is 78.9 Å². The third-order valence-corrected chi connectivity index (χ3v) is 12.3. The Bertz CT molecular complexity index is 1460. The molecular formula is C65H108O6. The van der Waals surface area contributed by atoms with Gasteiger partial charge in [-0.1, -0.05) is 246 Å². The van der Waals surface area contributed by atoms with Gasteiger partial charge in [0.1, 0.15) is 13.2 Å². The third kappa shape index (κ3) is 56.9. The molecule has 0 aromatic rings. The van der Waals surface area contributed by atoms with E-state index in [0.29, 0.717) is 19.3 Å². The lowest BCUT2D eigenvalue weighted by molar-refractivity contribution is -0.167. The van der Waals surface area contributed by atoms with Crippen molar-refractivity contribution in [3.8, 4) is 0 Å². The monoisotopic (exact) mass is 985 g/mol. The molecule has 0 saturated heterocycles. The van der Waals surface area contributed by atoms with E-state index in [2.05, 4.69) is 130 Å². The summed E-state index contributed by atoms with van der Waals surface area (Å²) in [6.45, 7) is 6.41. The zero-order chi connectivity index (χ0) is 51.4. The van der Waals surface area contributed by atoms with Gasteiger partial charge in [-0.05, 0) is 109 Å². The average molecular weight is 986 g/mol. The summed E-state index contributed by atoms with van der Waals surface area (Å²) in [7, 11) is 0. The molecule has 0 radical (unpaired) electrons. The molecule has 0 fully saturated rings. The number of ether oxygens (including phenoxy) is 3. The van der Waals surface area contributed by atoms with Gasteiger partial charge in [-0.2, -0.15) is 0 Å². The number of carbonyl (C=O) groups excluding carboxylic acids is 3. The molecule has 71 heavy (non-hydrogen) atoms. The lowest BCUT2D eigenvalue weighted by Crippen LogP contribution is -2.30. The first-order chi connectivity index (χ1) is 35.0. The van der Waals surface area contributed by atoms with E-state index >= 15 is 0 Å². The van der Waals surface area contributed by atoms with Crippen molar-refractivity contribution in [1.82, 2.24) is 0 Å². The van der Waals surface area contributed by atoms with Crippen LogP contribution in [-0.2, 0) is 28.6 Å². The Morgan fingerprint density at radius 1 is 0.296 bits per heavy atom. The minimum absolute atomic E-state index is 0.0918. The summed E-state index contributed by atoms with van der Waals surface area (Å²) in [6.07, 6.45) is 79.8. The Morgan fingerprint density at radius 2 is 0.549 bits per heavy atom. The standard InChI is InChI=1S/C65H108O6/c1-4-7-10-13-15-17-19-21-23-25-27-29-31-32-34-35-37-39-41-43-45-47-49-52-55-58-64(67)70-61-62(60-69-63(66)57-54-51-12-9-6-3)71-65(68)59-56-53-50-48-46-44-42-40-38-36-33-30-28-26-24-22-20-18-16-14-11-8-5-2/h8,11,16,18-19,21-22,24-25,27-28,30-32,36,38,42,44,62H,4-7,9-10,12-15,17,20,23,26,29,33-35,37,39-41,43,45-61H2,1-3H3/b11-8-,18-16-,21-19-,24-22-,27-25-,30-28-,32-31-,38-36-,44-42-. The van der Waals surface area contributed by atoms with E-state index < -0.39 is 6.10 Å². The highest BCUT2D eigenvalue weighted by Crippen LogP contribution is 2.14. The first-order valence-corrected chi connectivity index (χ1v) is 29.4. The van der Waals surface area contributed by atoms with Crippen molar-refractivity contribution in [3.63, 3.8) is 0 Å². The highest BCUT2D eigenvalue weighted by molar-refractivity contribution is 5.71. The van der Waals surface area contributed by atoms with Crippen LogP contribution < -0.4 is 0 Å². The first kappa shape index (κ1) is 67.1. The molecule has 404 valence electrons. The normalized spacial score (nSPS) is 12.9. The van der Waals surface area contributed by atoms with Gasteiger partial charge in [0, 0.05) is 19.3 Å². The van der Waals surface area contributed by atoms with Crippen LogP contribution in [0.15, 0.2) is 109 Å². The maximum Gasteiger partial charge on any atom is 0.306 e. The summed E-state index contributed by atoms with van der Waals surface area (Å²) < 4.78 is 16.7. The molecule has 6 nitrogen and oxygen atoms in total. The number of hydrogen-bond donors (Lipinski definition) is 0. The highest BCUT2D eigenvalue weighted by atomic mass is 16.6. The highest BCUT2D eigenvalue weighted by Gasteiger charge is 2.19. The molecule has 0 aliphatic heterocycles. The zero-order valence-electron chi connectivity index (χ0n) is 46.2. The molecule has 0 amide bonds. The van der Waals surface area contributed by atoms with Crippen LogP contribution in [0, 0.1) is 0 Å². The molecule has 0 aliphatic rings. The van der Waals surface area contributed by atoms with Crippen LogP contribution in [0.3, 0.4) is 0 Å². The predicted octanol–water partition coefficient (Wildman–Crippen LogP) is 19.9. The fraction of sp³-hybridized carbons (Fsp3) is 0.677. The average Bonchev–Trinajstić information content (AvgIpc) is 3.37. The molecule has 0 aromatic carbocycles. The quantitative estimate of drug-likeness (QED) is 0.0261. The molecule has 0 aliphatic carbocycles. The van der Waals surface area contributed by atoms with Gasteiger partial charge in [-0.25, -0.2) is 0 Å². The summed E-state index contributed by atoms with van der Waals surface area (Å²) in [5, 5.41) is 0. The van der Waals surface area contributed by atoms with Crippen molar-refractivity contribution in [2.45, 2.75) is 271 Å². The van der Waals surface area contributed by atoms with Gasteiger partial charge in [-0.15, -0.1) is 0 Å². The Kier molecular flexibility index (Phi) is 55.4. The molecule has 0 N–H and O–H groups in total. The lowest BCUT2D eigenvalue weighted by Gasteiger charge is -2.18. The van der Waals surface area contributed by atoms with E-state index in [-0.39, 0.29) is 31.1 Å². The van der Waals surface area contributed by atoms with Crippen molar-refractivity contribution in [2.75, 3.05) is 13.2 Å². The zero-order valence-corrected chi connectivity index (χ0v) is 46.2. The Morgan fingerprint density at radius 3 is 0.859 bits per heavy atom. The molecule has 0 heterocycles. The molecule has 0 rings (SSSR count).